The first-order valence-corrected chi connectivity index (χ1v) is 10.5. The normalized spacial score (nSPS) is 10.5. The maximum absolute atomic E-state index is 4.68. The third-order valence-corrected chi connectivity index (χ3v) is 0.664. The molecule has 10 heavy (non-hydrogen) atoms. The molecule has 0 aromatic heterocycles. The number of hydrogen-bond donors (Lipinski definition) is 0. The van der Waals surface area contributed by atoms with Crippen LogP contribution in [0.5, 0.6) is 0 Å². The van der Waals surface area contributed by atoms with Gasteiger partial charge in [0.2, 0.25) is 0 Å². The Hall–Kier alpha value is 1.88. The quantitative estimate of drug-likeness (QED) is 0.537. The monoisotopic (exact) mass is 383 g/mol. The molecule has 0 saturated carbocycles. The average molecular weight is 386 g/mol. The molecule has 0 unspecified atom stereocenters. The first kappa shape index (κ1) is 14.4. The van der Waals surface area contributed by atoms with Gasteiger partial charge >= 0.3 is 50.8 Å². The minimum atomic E-state index is -0.312. The van der Waals surface area contributed by atoms with E-state index in [1.54, 1.807) is 14.2 Å². The SMILES string of the molecule is COC(C)OC.[Br][Fe]([Br])[Br]. The Morgan fingerprint density at radius 2 is 1.30 bits per heavy atom. The summed E-state index contributed by atoms with van der Waals surface area (Å²) in [5.41, 5.74) is 0. The van der Waals surface area contributed by atoms with E-state index < -0.39 is 0 Å². The summed E-state index contributed by atoms with van der Waals surface area (Å²) in [6, 6.07) is 0. The molecule has 0 heterocycles. The van der Waals surface area contributed by atoms with Crippen molar-refractivity contribution in [2.75, 3.05) is 14.2 Å². The van der Waals surface area contributed by atoms with Crippen molar-refractivity contribution >= 4 is 42.3 Å². The molecule has 0 radical (unpaired) electrons. The van der Waals surface area contributed by atoms with Crippen molar-refractivity contribution in [3.63, 3.8) is 0 Å². The summed E-state index contributed by atoms with van der Waals surface area (Å²) in [5, 5.41) is 0. The van der Waals surface area contributed by atoms with Crippen LogP contribution < -0.4 is 0 Å². The van der Waals surface area contributed by atoms with Crippen molar-refractivity contribution in [3.8, 4) is 0 Å². The Morgan fingerprint density at radius 3 is 1.30 bits per heavy atom. The van der Waals surface area contributed by atoms with Crippen LogP contribution in [0.1, 0.15) is 6.92 Å². The van der Waals surface area contributed by atoms with Gasteiger partial charge in [0.1, 0.15) is 0 Å². The topological polar surface area (TPSA) is 18.5 Å². The van der Waals surface area contributed by atoms with Gasteiger partial charge in [-0.2, -0.15) is 0 Å². The molecular weight excluding hydrogens is 376 g/mol. The van der Waals surface area contributed by atoms with Crippen molar-refractivity contribution in [1.29, 1.82) is 0 Å². The predicted octanol–water partition coefficient (Wildman–Crippen LogP) is 3.16. The van der Waals surface area contributed by atoms with Gasteiger partial charge in [-0.3, -0.25) is 0 Å². The van der Waals surface area contributed by atoms with Crippen molar-refractivity contribution in [3.05, 3.63) is 0 Å². The van der Waals surface area contributed by atoms with Gasteiger partial charge in [0.25, 0.3) is 0 Å². The number of ether oxygens (including phenoxy) is 2. The molecule has 0 fully saturated rings. The van der Waals surface area contributed by atoms with Gasteiger partial charge in [0.15, 0.2) is 6.29 Å². The van der Waals surface area contributed by atoms with Crippen LogP contribution in [-0.4, -0.2) is 20.5 Å². The Bertz CT molecular complexity index is 57.7. The summed E-state index contributed by atoms with van der Waals surface area (Å²) >= 11 is 9.56. The Balaban J connectivity index is 0. The zero-order chi connectivity index (χ0) is 8.57. The van der Waals surface area contributed by atoms with E-state index in [0.717, 1.165) is 0 Å². The molecule has 0 amide bonds. The van der Waals surface area contributed by atoms with Crippen molar-refractivity contribution < 1.29 is 18.0 Å². The Kier molecular flexibility index (Phi) is 15.7. The Labute approximate surface area is 87.0 Å². The zero-order valence-corrected chi connectivity index (χ0v) is 11.7. The Morgan fingerprint density at radius 1 is 1.10 bits per heavy atom. The van der Waals surface area contributed by atoms with E-state index in [-0.39, 0.29) is 14.8 Å². The number of halogens is 3. The van der Waals surface area contributed by atoms with Gasteiger partial charge in [-0.15, -0.1) is 0 Å². The summed E-state index contributed by atoms with van der Waals surface area (Å²) in [5.74, 6) is 0. The molecule has 0 aliphatic heterocycles. The first-order valence-electron chi connectivity index (χ1n) is 2.27. The fourth-order valence-electron chi connectivity index (χ4n) is 0.0962. The van der Waals surface area contributed by atoms with Crippen molar-refractivity contribution in [2.45, 2.75) is 13.2 Å². The minimum absolute atomic E-state index is 0.0648. The van der Waals surface area contributed by atoms with Crippen LogP contribution in [0.3, 0.4) is 0 Å². The van der Waals surface area contributed by atoms with E-state index >= 15 is 0 Å². The third kappa shape index (κ3) is 22.5. The summed E-state index contributed by atoms with van der Waals surface area (Å²) in [6.45, 7) is 1.83. The van der Waals surface area contributed by atoms with Crippen molar-refractivity contribution in [2.24, 2.45) is 0 Å². The molecule has 0 atom stereocenters. The molecule has 0 aliphatic carbocycles. The van der Waals surface area contributed by atoms with Crippen LogP contribution in [0.15, 0.2) is 0 Å². The molecule has 0 rings (SSSR count). The van der Waals surface area contributed by atoms with Crippen molar-refractivity contribution in [1.82, 2.24) is 0 Å². The molecule has 0 saturated heterocycles. The van der Waals surface area contributed by atoms with Crippen LogP contribution in [0.2, 0.25) is 0 Å². The maximum atomic E-state index is 4.68. The van der Waals surface area contributed by atoms with Crippen LogP contribution in [-0.2, 0) is 18.0 Å². The summed E-state index contributed by atoms with van der Waals surface area (Å²) in [6.07, 6.45) is -0.0648. The predicted molar refractivity (Wildman–Crippen MR) is 50.3 cm³/mol. The molecular formula is C4H10Br3FeO2. The molecule has 67 valence electrons. The molecule has 6 heteroatoms. The third-order valence-electron chi connectivity index (χ3n) is 0.664. The molecule has 0 aromatic rings. The molecule has 0 aliphatic rings. The molecule has 0 aromatic carbocycles. The first-order chi connectivity index (χ1) is 4.54. The standard InChI is InChI=1S/C4H10O2.3BrH.Fe/c1-4(5-2)6-3;;;;/h4H,1-3H3;3*1H;/q;;;;+3/p-3. The van der Waals surface area contributed by atoms with E-state index in [4.69, 9.17) is 0 Å². The van der Waals surface area contributed by atoms with E-state index in [1.807, 2.05) is 6.92 Å². The van der Waals surface area contributed by atoms with E-state index in [1.165, 1.54) is 0 Å². The fraction of sp³-hybridized carbons (Fsp3) is 1.00. The number of hydrogen-bond acceptors (Lipinski definition) is 2. The van der Waals surface area contributed by atoms with Crippen LogP contribution in [0.4, 0.5) is 0 Å². The molecule has 0 bridgehead atoms. The number of methoxy groups -OCH3 is 2. The van der Waals surface area contributed by atoms with Gasteiger partial charge < -0.3 is 9.47 Å². The fourth-order valence-corrected chi connectivity index (χ4v) is 0.0962. The zero-order valence-electron chi connectivity index (χ0n) is 5.88. The van der Waals surface area contributed by atoms with Crippen LogP contribution in [0.25, 0.3) is 0 Å². The van der Waals surface area contributed by atoms with Gasteiger partial charge in [-0.05, 0) is 6.92 Å². The second-order valence-corrected chi connectivity index (χ2v) is 17.9. The van der Waals surface area contributed by atoms with Crippen LogP contribution >= 0.6 is 42.3 Å². The van der Waals surface area contributed by atoms with Crippen LogP contribution in [0, 0.1) is 0 Å². The van der Waals surface area contributed by atoms with Gasteiger partial charge in [-0.1, -0.05) is 0 Å². The molecule has 2 nitrogen and oxygen atoms in total. The average Bonchev–Trinajstić information content (AvgIpc) is 1.85. The second kappa shape index (κ2) is 10.9. The van der Waals surface area contributed by atoms with Gasteiger partial charge in [0, 0.05) is 14.2 Å². The number of rotatable bonds is 2. The molecule has 0 N–H and O–H groups in total. The summed E-state index contributed by atoms with van der Waals surface area (Å²) in [4.78, 5) is 0. The van der Waals surface area contributed by atoms with E-state index in [0.29, 0.717) is 0 Å². The van der Waals surface area contributed by atoms with Gasteiger partial charge in [0.05, 0.1) is 0 Å². The van der Waals surface area contributed by atoms with Gasteiger partial charge in [-0.25, -0.2) is 0 Å². The molecule has 0 spiro atoms. The van der Waals surface area contributed by atoms with E-state index in [9.17, 15) is 0 Å². The summed E-state index contributed by atoms with van der Waals surface area (Å²) in [7, 11) is 2.90. The van der Waals surface area contributed by atoms with E-state index in [2.05, 4.69) is 51.8 Å². The summed E-state index contributed by atoms with van der Waals surface area (Å²) < 4.78 is 9.35. The second-order valence-electron chi connectivity index (χ2n) is 1.19.